The molecule has 9 heteroatoms. The van der Waals surface area contributed by atoms with Gasteiger partial charge in [-0.3, -0.25) is 13.8 Å². The molecule has 0 aliphatic heterocycles. The van der Waals surface area contributed by atoms with Crippen molar-refractivity contribution in [2.75, 3.05) is 54.1 Å². The molecule has 0 aliphatic carbocycles. The van der Waals surface area contributed by atoms with Crippen LogP contribution in [0.25, 0.3) is 0 Å². The summed E-state index contributed by atoms with van der Waals surface area (Å²) in [5, 5.41) is 0. The summed E-state index contributed by atoms with van der Waals surface area (Å²) >= 11 is 0. The summed E-state index contributed by atoms with van der Waals surface area (Å²) in [6.45, 7) is 5.23. The largest absolute Gasteiger partial charge is 0.472 e. The fraction of sp³-hybridized carbons (Fsp3) is 0.651. The molecule has 0 bridgehead atoms. The molecule has 52 heavy (non-hydrogen) atoms. The Morgan fingerprint density at radius 2 is 1.12 bits per heavy atom. The van der Waals surface area contributed by atoms with E-state index in [1.165, 1.54) is 12.8 Å². The smallest absolute Gasteiger partial charge is 0.457 e. The van der Waals surface area contributed by atoms with Crippen molar-refractivity contribution in [3.8, 4) is 0 Å². The number of phosphoric ester groups is 1. The van der Waals surface area contributed by atoms with Gasteiger partial charge in [-0.05, 0) is 77.0 Å². The third-order valence-electron chi connectivity index (χ3n) is 7.67. The topological polar surface area (TPSA) is 91.3 Å². The number of nitrogens with zero attached hydrogens (tertiary/aromatic N) is 1. The lowest BCUT2D eigenvalue weighted by molar-refractivity contribution is -0.870. The number of hydrogen-bond acceptors (Lipinski definition) is 6. The number of hydrogen-bond donors (Lipinski definition) is 1. The van der Waals surface area contributed by atoms with Crippen LogP contribution in [0.2, 0.25) is 0 Å². The number of carbonyl (C=O) groups excluding carboxylic acids is 1. The van der Waals surface area contributed by atoms with Gasteiger partial charge >= 0.3 is 13.8 Å². The monoisotopic (exact) mass is 749 g/mol. The first-order chi connectivity index (χ1) is 25.1. The molecule has 0 aromatic heterocycles. The zero-order chi connectivity index (χ0) is 38.4. The van der Waals surface area contributed by atoms with E-state index < -0.39 is 13.9 Å². The van der Waals surface area contributed by atoms with E-state index in [4.69, 9.17) is 18.5 Å². The summed E-state index contributed by atoms with van der Waals surface area (Å²) in [7, 11) is 1.61. The highest BCUT2D eigenvalue weighted by molar-refractivity contribution is 7.47. The molecule has 0 heterocycles. The van der Waals surface area contributed by atoms with Crippen molar-refractivity contribution in [2.45, 2.75) is 129 Å². The second-order valence-corrected chi connectivity index (χ2v) is 15.4. The van der Waals surface area contributed by atoms with Crippen LogP contribution in [0.1, 0.15) is 123 Å². The van der Waals surface area contributed by atoms with E-state index in [1.54, 1.807) is 0 Å². The normalized spacial score (nSPS) is 14.8. The summed E-state index contributed by atoms with van der Waals surface area (Å²) in [6, 6.07) is 0. The SMILES string of the molecule is CC/C=C\C/C=C\C/C=C\C/C=C\C/C=C\C/C=C\CCCOCC(COP(=O)(O)OCC[N+](C)(C)C)OC(=O)CCCCCCC/C=C\CCC. The molecular formula is C43H75NO7P+. The number of quaternary nitrogens is 1. The van der Waals surface area contributed by atoms with Gasteiger partial charge in [0.1, 0.15) is 19.3 Å². The van der Waals surface area contributed by atoms with Gasteiger partial charge in [0.25, 0.3) is 0 Å². The molecule has 0 amide bonds. The standard InChI is InChI=1S/C43H74NO7P/c1-6-8-10-12-14-16-18-19-20-21-22-23-24-25-26-27-29-31-33-35-38-48-40-42(41-50-52(46,47)49-39-37-44(3,4)5)51-43(45)36-34-32-30-28-17-15-13-11-9-7-2/h8,10-11,13-14,16,19-20,22-23,25-26,29,31,42H,6-7,9,12,15,17-18,21,24,27-28,30,32-41H2,1-5H3/p+1/b10-8-,13-11-,16-14-,20-19-,23-22-,26-25-,31-29-. The Morgan fingerprint density at radius 3 is 1.69 bits per heavy atom. The van der Waals surface area contributed by atoms with Gasteiger partial charge in [-0.15, -0.1) is 0 Å². The predicted octanol–water partition coefficient (Wildman–Crippen LogP) is 11.3. The lowest BCUT2D eigenvalue weighted by Gasteiger charge is -2.24. The van der Waals surface area contributed by atoms with Gasteiger partial charge in [0.2, 0.25) is 0 Å². The van der Waals surface area contributed by atoms with E-state index in [0.29, 0.717) is 24.1 Å². The molecule has 0 aromatic carbocycles. The summed E-state index contributed by atoms with van der Waals surface area (Å²) in [5.41, 5.74) is 0. The van der Waals surface area contributed by atoms with Crippen molar-refractivity contribution >= 4 is 13.8 Å². The van der Waals surface area contributed by atoms with Gasteiger partial charge in [-0.2, -0.15) is 0 Å². The molecule has 0 spiro atoms. The average molecular weight is 749 g/mol. The zero-order valence-electron chi connectivity index (χ0n) is 33.5. The van der Waals surface area contributed by atoms with Crippen LogP contribution >= 0.6 is 7.82 Å². The van der Waals surface area contributed by atoms with Crippen LogP contribution in [-0.2, 0) is 27.9 Å². The minimum Gasteiger partial charge on any atom is -0.457 e. The maximum Gasteiger partial charge on any atom is 0.472 e. The third-order valence-corrected chi connectivity index (χ3v) is 8.66. The molecule has 1 N–H and O–H groups in total. The molecule has 2 unspecified atom stereocenters. The van der Waals surface area contributed by atoms with Crippen LogP contribution in [0, 0.1) is 0 Å². The molecule has 0 aliphatic rings. The first-order valence-corrected chi connectivity index (χ1v) is 21.3. The second kappa shape index (κ2) is 35.7. The average Bonchev–Trinajstić information content (AvgIpc) is 3.09. The number of rotatable bonds is 35. The molecule has 0 fully saturated rings. The molecule has 0 rings (SSSR count). The van der Waals surface area contributed by atoms with Crippen molar-refractivity contribution in [3.63, 3.8) is 0 Å². The maximum absolute atomic E-state index is 12.6. The molecule has 0 saturated heterocycles. The van der Waals surface area contributed by atoms with Crippen molar-refractivity contribution < 1.29 is 37.3 Å². The van der Waals surface area contributed by atoms with Crippen LogP contribution in [0.3, 0.4) is 0 Å². The Kier molecular flexibility index (Phi) is 34.1. The van der Waals surface area contributed by atoms with E-state index in [2.05, 4.69) is 98.9 Å². The number of phosphoric acid groups is 1. The molecular weight excluding hydrogens is 673 g/mol. The fourth-order valence-corrected chi connectivity index (χ4v) is 5.37. The summed E-state index contributed by atoms with van der Waals surface area (Å²) in [6.07, 6.45) is 46.3. The molecule has 0 aromatic rings. The lowest BCUT2D eigenvalue weighted by Crippen LogP contribution is -2.37. The fourth-order valence-electron chi connectivity index (χ4n) is 4.63. The van der Waals surface area contributed by atoms with Gasteiger partial charge in [0.15, 0.2) is 0 Å². The highest BCUT2D eigenvalue weighted by atomic mass is 31.2. The van der Waals surface area contributed by atoms with Crippen LogP contribution < -0.4 is 0 Å². The van der Waals surface area contributed by atoms with E-state index >= 15 is 0 Å². The van der Waals surface area contributed by atoms with E-state index in [1.807, 2.05) is 21.1 Å². The third kappa shape index (κ3) is 38.9. The highest BCUT2D eigenvalue weighted by Gasteiger charge is 2.26. The summed E-state index contributed by atoms with van der Waals surface area (Å²) < 4.78 is 34.7. The van der Waals surface area contributed by atoms with Gasteiger partial charge in [-0.1, -0.05) is 125 Å². The van der Waals surface area contributed by atoms with Crippen molar-refractivity contribution in [1.29, 1.82) is 0 Å². The Balaban J connectivity index is 4.39. The van der Waals surface area contributed by atoms with Crippen molar-refractivity contribution in [3.05, 3.63) is 85.1 Å². The maximum atomic E-state index is 12.6. The van der Waals surface area contributed by atoms with Crippen LogP contribution in [0.5, 0.6) is 0 Å². The number of esters is 1. The second-order valence-electron chi connectivity index (χ2n) is 13.9. The van der Waals surface area contributed by atoms with Gasteiger partial charge < -0.3 is 18.9 Å². The first kappa shape index (κ1) is 49.7. The van der Waals surface area contributed by atoms with E-state index in [-0.39, 0.29) is 25.8 Å². The Labute approximate surface area is 318 Å². The predicted molar refractivity (Wildman–Crippen MR) is 219 cm³/mol. The van der Waals surface area contributed by atoms with Crippen LogP contribution in [0.15, 0.2) is 85.1 Å². The van der Waals surface area contributed by atoms with E-state index in [9.17, 15) is 14.3 Å². The number of unbranched alkanes of at least 4 members (excludes halogenated alkanes) is 7. The molecule has 298 valence electrons. The van der Waals surface area contributed by atoms with Crippen molar-refractivity contribution in [1.82, 2.24) is 0 Å². The Hall–Kier alpha value is -2.32. The van der Waals surface area contributed by atoms with Gasteiger partial charge in [-0.25, -0.2) is 4.57 Å². The minimum atomic E-state index is -4.29. The summed E-state index contributed by atoms with van der Waals surface area (Å²) in [4.78, 5) is 22.7. The number of likely N-dealkylation sites (N-methyl/N-ethyl adjacent to an activating group) is 1. The summed E-state index contributed by atoms with van der Waals surface area (Å²) in [5.74, 6) is -0.351. The number of carbonyl (C=O) groups is 1. The van der Waals surface area contributed by atoms with Crippen molar-refractivity contribution in [2.24, 2.45) is 0 Å². The molecule has 0 saturated carbocycles. The molecule has 0 radical (unpaired) electrons. The van der Waals surface area contributed by atoms with Crippen LogP contribution in [0.4, 0.5) is 0 Å². The van der Waals surface area contributed by atoms with Crippen LogP contribution in [-0.4, -0.2) is 75.6 Å². The first-order valence-electron chi connectivity index (χ1n) is 19.8. The lowest BCUT2D eigenvalue weighted by atomic mass is 10.1. The highest BCUT2D eigenvalue weighted by Crippen LogP contribution is 2.43. The number of allylic oxidation sites excluding steroid dienone is 14. The van der Waals surface area contributed by atoms with Gasteiger partial charge in [0.05, 0.1) is 34.4 Å². The van der Waals surface area contributed by atoms with Gasteiger partial charge in [0, 0.05) is 13.0 Å². The molecule has 8 nitrogen and oxygen atoms in total. The minimum absolute atomic E-state index is 0.0713. The zero-order valence-corrected chi connectivity index (χ0v) is 34.4. The molecule has 2 atom stereocenters. The Morgan fingerprint density at radius 1 is 0.615 bits per heavy atom. The Bertz CT molecular complexity index is 1100. The number of ether oxygens (including phenoxy) is 2. The quantitative estimate of drug-likeness (QED) is 0.0227. The van der Waals surface area contributed by atoms with E-state index in [0.717, 1.165) is 89.9 Å².